The zero-order chi connectivity index (χ0) is 15.3. The third-order valence-corrected chi connectivity index (χ3v) is 5.34. The Balaban J connectivity index is 1.98. The van der Waals surface area contributed by atoms with Crippen LogP contribution in [0.15, 0.2) is 18.2 Å². The third-order valence-electron chi connectivity index (χ3n) is 5.03. The van der Waals surface area contributed by atoms with Gasteiger partial charge < -0.3 is 5.11 Å². The summed E-state index contributed by atoms with van der Waals surface area (Å²) in [6.07, 6.45) is 9.09. The summed E-state index contributed by atoms with van der Waals surface area (Å²) in [5.41, 5.74) is 0.876. The molecule has 21 heavy (non-hydrogen) atoms. The molecule has 3 heteroatoms. The van der Waals surface area contributed by atoms with Crippen molar-refractivity contribution in [2.75, 3.05) is 6.61 Å². The molecule has 1 aliphatic carbocycles. The van der Waals surface area contributed by atoms with Crippen LogP contribution in [0.2, 0.25) is 5.02 Å². The summed E-state index contributed by atoms with van der Waals surface area (Å²) >= 11 is 5.74. The fourth-order valence-electron chi connectivity index (χ4n) is 3.54. The second kappa shape index (κ2) is 7.60. The first kappa shape index (κ1) is 16.8. The molecule has 118 valence electrons. The van der Waals surface area contributed by atoms with Crippen LogP contribution in [0.3, 0.4) is 0 Å². The molecular formula is C18H26ClFO. The van der Waals surface area contributed by atoms with Gasteiger partial charge in [0.2, 0.25) is 0 Å². The zero-order valence-electron chi connectivity index (χ0n) is 12.9. The van der Waals surface area contributed by atoms with Crippen LogP contribution in [0.4, 0.5) is 4.39 Å². The van der Waals surface area contributed by atoms with Crippen molar-refractivity contribution in [2.24, 2.45) is 11.3 Å². The SMILES string of the molecule is CCCCC1CCC(CO)(Cc2ccc(Cl)c(F)c2)CC1. The van der Waals surface area contributed by atoms with Gasteiger partial charge >= 0.3 is 0 Å². The number of hydrogen-bond donors (Lipinski definition) is 1. The van der Waals surface area contributed by atoms with E-state index in [2.05, 4.69) is 6.92 Å². The number of rotatable bonds is 6. The Morgan fingerprint density at radius 1 is 1.33 bits per heavy atom. The minimum Gasteiger partial charge on any atom is -0.396 e. The van der Waals surface area contributed by atoms with E-state index in [1.165, 1.54) is 38.2 Å². The summed E-state index contributed by atoms with van der Waals surface area (Å²) in [6.45, 7) is 2.42. The number of benzene rings is 1. The third kappa shape index (κ3) is 4.43. The van der Waals surface area contributed by atoms with Crippen molar-refractivity contribution in [2.45, 2.75) is 58.3 Å². The molecule has 2 rings (SSSR count). The highest BCUT2D eigenvalue weighted by molar-refractivity contribution is 6.30. The predicted octanol–water partition coefficient (Wildman–Crippen LogP) is 5.38. The van der Waals surface area contributed by atoms with Crippen LogP contribution >= 0.6 is 11.6 Å². The molecule has 1 fully saturated rings. The lowest BCUT2D eigenvalue weighted by Crippen LogP contribution is -2.33. The number of hydrogen-bond acceptors (Lipinski definition) is 1. The van der Waals surface area contributed by atoms with E-state index in [1.807, 2.05) is 6.07 Å². The molecule has 1 aromatic carbocycles. The van der Waals surface area contributed by atoms with Crippen LogP contribution in [-0.4, -0.2) is 11.7 Å². The van der Waals surface area contributed by atoms with Gasteiger partial charge in [-0.2, -0.15) is 0 Å². The summed E-state index contributed by atoms with van der Waals surface area (Å²) in [5, 5.41) is 10.0. The van der Waals surface area contributed by atoms with E-state index in [0.717, 1.165) is 30.7 Å². The maximum absolute atomic E-state index is 13.6. The molecule has 1 nitrogen and oxygen atoms in total. The van der Waals surface area contributed by atoms with Crippen molar-refractivity contribution in [1.29, 1.82) is 0 Å². The van der Waals surface area contributed by atoms with Crippen molar-refractivity contribution < 1.29 is 9.50 Å². The summed E-state index contributed by atoms with van der Waals surface area (Å²) in [6, 6.07) is 5.01. The molecule has 0 radical (unpaired) electrons. The van der Waals surface area contributed by atoms with Gasteiger partial charge in [-0.1, -0.05) is 43.9 Å². The largest absolute Gasteiger partial charge is 0.396 e. The van der Waals surface area contributed by atoms with Crippen LogP contribution in [-0.2, 0) is 6.42 Å². The van der Waals surface area contributed by atoms with Crippen LogP contribution < -0.4 is 0 Å². The smallest absolute Gasteiger partial charge is 0.142 e. The number of unbranched alkanes of at least 4 members (excludes halogenated alkanes) is 1. The van der Waals surface area contributed by atoms with Crippen LogP contribution in [0, 0.1) is 17.2 Å². The average molecular weight is 313 g/mol. The average Bonchev–Trinajstić information content (AvgIpc) is 2.50. The number of halogens is 2. The lowest BCUT2D eigenvalue weighted by Gasteiger charge is -2.39. The van der Waals surface area contributed by atoms with Gasteiger partial charge in [0.25, 0.3) is 0 Å². The highest BCUT2D eigenvalue weighted by Gasteiger charge is 2.34. The number of aliphatic hydroxyl groups is 1. The van der Waals surface area contributed by atoms with E-state index in [1.54, 1.807) is 6.07 Å². The molecule has 1 saturated carbocycles. The normalized spacial score (nSPS) is 26.0. The molecule has 0 saturated heterocycles. The van der Waals surface area contributed by atoms with Crippen molar-refractivity contribution >= 4 is 11.6 Å². The van der Waals surface area contributed by atoms with E-state index < -0.39 is 0 Å². The minimum atomic E-state index is -0.362. The van der Waals surface area contributed by atoms with Gasteiger partial charge in [0.1, 0.15) is 5.82 Å². The second-order valence-corrected chi connectivity index (χ2v) is 7.08. The molecule has 0 aromatic heterocycles. The molecule has 0 heterocycles. The van der Waals surface area contributed by atoms with Crippen LogP contribution in [0.25, 0.3) is 0 Å². The van der Waals surface area contributed by atoms with Gasteiger partial charge in [0.15, 0.2) is 0 Å². The predicted molar refractivity (Wildman–Crippen MR) is 86.1 cm³/mol. The molecule has 0 amide bonds. The van der Waals surface area contributed by atoms with E-state index in [9.17, 15) is 9.50 Å². The lowest BCUT2D eigenvalue weighted by atomic mass is 9.67. The first-order chi connectivity index (χ1) is 10.1. The van der Waals surface area contributed by atoms with E-state index in [-0.39, 0.29) is 22.9 Å². The Morgan fingerprint density at radius 3 is 2.62 bits per heavy atom. The van der Waals surface area contributed by atoms with Gasteiger partial charge in [-0.05, 0) is 61.1 Å². The first-order valence-electron chi connectivity index (χ1n) is 8.13. The van der Waals surface area contributed by atoms with Crippen molar-refractivity contribution in [3.63, 3.8) is 0 Å². The van der Waals surface area contributed by atoms with E-state index in [0.29, 0.717) is 0 Å². The summed E-state index contributed by atoms with van der Waals surface area (Å²) in [5.74, 6) is 0.450. The first-order valence-corrected chi connectivity index (χ1v) is 8.51. The molecule has 1 aliphatic rings. The Bertz CT molecular complexity index is 453. The summed E-state index contributed by atoms with van der Waals surface area (Å²) in [4.78, 5) is 0. The monoisotopic (exact) mass is 312 g/mol. The van der Waals surface area contributed by atoms with Gasteiger partial charge in [-0.15, -0.1) is 0 Å². The highest BCUT2D eigenvalue weighted by Crippen LogP contribution is 2.42. The van der Waals surface area contributed by atoms with Crippen LogP contribution in [0.5, 0.6) is 0 Å². The van der Waals surface area contributed by atoms with Gasteiger partial charge in [-0.3, -0.25) is 0 Å². The maximum Gasteiger partial charge on any atom is 0.142 e. The molecule has 0 bridgehead atoms. The molecule has 0 spiro atoms. The molecule has 0 unspecified atom stereocenters. The molecule has 1 aromatic rings. The molecule has 0 atom stereocenters. The summed E-state index contributed by atoms with van der Waals surface area (Å²) in [7, 11) is 0. The number of aliphatic hydroxyl groups excluding tert-OH is 1. The standard InChI is InChI=1S/C18H26ClFO/c1-2-3-4-14-7-9-18(13-21,10-8-14)12-15-5-6-16(19)17(20)11-15/h5-6,11,14,21H,2-4,7-10,12-13H2,1H3. The van der Waals surface area contributed by atoms with Crippen molar-refractivity contribution in [3.8, 4) is 0 Å². The van der Waals surface area contributed by atoms with Crippen molar-refractivity contribution in [1.82, 2.24) is 0 Å². The fourth-order valence-corrected chi connectivity index (χ4v) is 3.66. The Morgan fingerprint density at radius 2 is 2.05 bits per heavy atom. The lowest BCUT2D eigenvalue weighted by molar-refractivity contribution is 0.0620. The van der Waals surface area contributed by atoms with Crippen LogP contribution in [0.1, 0.15) is 57.4 Å². The van der Waals surface area contributed by atoms with E-state index >= 15 is 0 Å². The van der Waals surface area contributed by atoms with E-state index in [4.69, 9.17) is 11.6 Å². The molecule has 0 aliphatic heterocycles. The minimum absolute atomic E-state index is 0.0665. The van der Waals surface area contributed by atoms with Gasteiger partial charge in [0.05, 0.1) is 5.02 Å². The zero-order valence-corrected chi connectivity index (χ0v) is 13.6. The maximum atomic E-state index is 13.6. The van der Waals surface area contributed by atoms with Gasteiger partial charge in [-0.25, -0.2) is 4.39 Å². The Hall–Kier alpha value is -0.600. The highest BCUT2D eigenvalue weighted by atomic mass is 35.5. The van der Waals surface area contributed by atoms with Crippen molar-refractivity contribution in [3.05, 3.63) is 34.6 Å². The Labute approximate surface area is 132 Å². The quantitative estimate of drug-likeness (QED) is 0.747. The summed E-state index contributed by atoms with van der Waals surface area (Å²) < 4.78 is 13.6. The van der Waals surface area contributed by atoms with Gasteiger partial charge in [0, 0.05) is 6.61 Å². The fraction of sp³-hybridized carbons (Fsp3) is 0.667. The second-order valence-electron chi connectivity index (χ2n) is 6.67. The molecular weight excluding hydrogens is 287 g/mol. The molecule has 1 N–H and O–H groups in total. The Kier molecular flexibility index (Phi) is 6.07. The topological polar surface area (TPSA) is 20.2 Å².